The summed E-state index contributed by atoms with van der Waals surface area (Å²) in [7, 11) is 0. The van der Waals surface area contributed by atoms with Gasteiger partial charge in [0.1, 0.15) is 5.84 Å². The first kappa shape index (κ1) is 15.4. The van der Waals surface area contributed by atoms with Crippen LogP contribution in [0.15, 0.2) is 28.2 Å². The first-order valence-electron chi connectivity index (χ1n) is 7.68. The SMILES string of the molecule is C=c1cccc2c1=NC(CSC1CCC(CO)CC1)=NC2=O. The largest absolute Gasteiger partial charge is 0.396 e. The van der Waals surface area contributed by atoms with E-state index in [-0.39, 0.29) is 5.91 Å². The molecular formula is C17H20N2O2S. The average Bonchev–Trinajstić information content (AvgIpc) is 2.54. The van der Waals surface area contributed by atoms with Crippen molar-refractivity contribution in [3.8, 4) is 0 Å². The number of hydrogen-bond acceptors (Lipinski definition) is 4. The standard InChI is InChI=1S/C17H20N2O2S/c1-11-3-2-4-14-16(11)18-15(19-17(14)21)10-22-13-7-5-12(9-20)6-8-13/h2-4,12-13,20H,1,5-10H2. The van der Waals surface area contributed by atoms with Crippen LogP contribution in [0.2, 0.25) is 0 Å². The topological polar surface area (TPSA) is 62.0 Å². The first-order chi connectivity index (χ1) is 10.7. The fraction of sp³-hybridized carbons (Fsp3) is 0.471. The van der Waals surface area contributed by atoms with Crippen LogP contribution in [0.4, 0.5) is 0 Å². The molecular weight excluding hydrogens is 296 g/mol. The van der Waals surface area contributed by atoms with Crippen molar-refractivity contribution in [3.63, 3.8) is 0 Å². The van der Waals surface area contributed by atoms with Crippen LogP contribution in [0.25, 0.3) is 6.58 Å². The van der Waals surface area contributed by atoms with Crippen molar-refractivity contribution < 1.29 is 9.90 Å². The number of fused-ring (bicyclic) bond motifs is 1. The summed E-state index contributed by atoms with van der Waals surface area (Å²) in [6, 6.07) is 5.42. The number of amidine groups is 1. The lowest BCUT2D eigenvalue weighted by atomic mass is 9.90. The van der Waals surface area contributed by atoms with Crippen LogP contribution < -0.4 is 10.6 Å². The second-order valence-corrected chi connectivity index (χ2v) is 7.18. The highest BCUT2D eigenvalue weighted by molar-refractivity contribution is 8.00. The highest BCUT2D eigenvalue weighted by Gasteiger charge is 2.22. The molecule has 0 saturated heterocycles. The maximum atomic E-state index is 12.1. The zero-order chi connectivity index (χ0) is 15.5. The summed E-state index contributed by atoms with van der Waals surface area (Å²) < 4.78 is 0. The van der Waals surface area contributed by atoms with Crippen molar-refractivity contribution >= 4 is 30.1 Å². The van der Waals surface area contributed by atoms with Crippen molar-refractivity contribution in [2.24, 2.45) is 15.9 Å². The minimum absolute atomic E-state index is 0.213. The van der Waals surface area contributed by atoms with Gasteiger partial charge in [0, 0.05) is 11.9 Å². The number of para-hydroxylation sites is 1. The van der Waals surface area contributed by atoms with Gasteiger partial charge in [-0.3, -0.25) is 4.79 Å². The predicted molar refractivity (Wildman–Crippen MR) is 89.8 cm³/mol. The smallest absolute Gasteiger partial charge is 0.280 e. The number of rotatable bonds is 4. The molecule has 0 spiro atoms. The first-order valence-corrected chi connectivity index (χ1v) is 8.73. The molecule has 1 amide bonds. The Morgan fingerprint density at radius 3 is 2.73 bits per heavy atom. The van der Waals surface area contributed by atoms with E-state index in [1.807, 2.05) is 23.9 Å². The summed E-state index contributed by atoms with van der Waals surface area (Å²) in [6.07, 6.45) is 4.41. The monoisotopic (exact) mass is 316 g/mol. The minimum Gasteiger partial charge on any atom is -0.396 e. The van der Waals surface area contributed by atoms with E-state index in [0.29, 0.717) is 40.3 Å². The molecule has 5 heteroatoms. The number of aliphatic hydroxyl groups excluding tert-OH is 1. The summed E-state index contributed by atoms with van der Waals surface area (Å²) in [4.78, 5) is 20.7. The molecule has 1 fully saturated rings. The molecule has 0 radical (unpaired) electrons. The van der Waals surface area contributed by atoms with Crippen molar-refractivity contribution in [1.82, 2.24) is 0 Å². The van der Waals surface area contributed by atoms with Gasteiger partial charge in [-0.25, -0.2) is 4.99 Å². The van der Waals surface area contributed by atoms with Gasteiger partial charge in [0.15, 0.2) is 0 Å². The van der Waals surface area contributed by atoms with E-state index >= 15 is 0 Å². The van der Waals surface area contributed by atoms with Gasteiger partial charge in [0.2, 0.25) is 0 Å². The number of nitrogens with zero attached hydrogens (tertiary/aromatic N) is 2. The second-order valence-electron chi connectivity index (χ2n) is 5.89. The van der Waals surface area contributed by atoms with Gasteiger partial charge in [-0.2, -0.15) is 16.8 Å². The molecule has 22 heavy (non-hydrogen) atoms. The van der Waals surface area contributed by atoms with Crippen molar-refractivity contribution in [1.29, 1.82) is 0 Å². The third-order valence-electron chi connectivity index (χ3n) is 4.32. The zero-order valence-corrected chi connectivity index (χ0v) is 13.3. The molecule has 1 aromatic rings. The van der Waals surface area contributed by atoms with Gasteiger partial charge in [-0.1, -0.05) is 18.7 Å². The number of aliphatic imine (C=N–C) groups is 1. The van der Waals surface area contributed by atoms with Gasteiger partial charge in [-0.15, -0.1) is 0 Å². The lowest BCUT2D eigenvalue weighted by Crippen LogP contribution is -2.34. The lowest BCUT2D eigenvalue weighted by molar-refractivity contribution is 0.1000. The van der Waals surface area contributed by atoms with Gasteiger partial charge < -0.3 is 5.11 Å². The van der Waals surface area contributed by atoms with Crippen LogP contribution in [0.3, 0.4) is 0 Å². The molecule has 0 bridgehead atoms. The summed E-state index contributed by atoms with van der Waals surface area (Å²) in [5.74, 6) is 1.52. The number of aliphatic hydroxyl groups is 1. The average molecular weight is 316 g/mol. The van der Waals surface area contributed by atoms with Crippen LogP contribution >= 0.6 is 11.8 Å². The van der Waals surface area contributed by atoms with Gasteiger partial charge in [-0.05, 0) is 42.9 Å². The molecule has 4 nitrogen and oxygen atoms in total. The molecule has 0 unspecified atom stereocenters. The zero-order valence-electron chi connectivity index (χ0n) is 12.5. The van der Waals surface area contributed by atoms with Crippen molar-refractivity contribution in [2.75, 3.05) is 12.4 Å². The van der Waals surface area contributed by atoms with Crippen LogP contribution in [0.5, 0.6) is 0 Å². The third kappa shape index (κ3) is 3.31. The highest BCUT2D eigenvalue weighted by Crippen LogP contribution is 2.31. The highest BCUT2D eigenvalue weighted by atomic mass is 32.2. The number of thioether (sulfide) groups is 1. The Labute approximate surface area is 134 Å². The van der Waals surface area contributed by atoms with E-state index < -0.39 is 0 Å². The second kappa shape index (κ2) is 6.75. The van der Waals surface area contributed by atoms with Crippen molar-refractivity contribution in [2.45, 2.75) is 30.9 Å². The van der Waals surface area contributed by atoms with E-state index in [2.05, 4.69) is 16.6 Å². The van der Waals surface area contributed by atoms with Crippen LogP contribution in [0, 0.1) is 5.92 Å². The maximum Gasteiger partial charge on any atom is 0.280 e. The molecule has 1 N–H and O–H groups in total. The minimum atomic E-state index is -0.213. The van der Waals surface area contributed by atoms with Crippen LogP contribution in [-0.4, -0.2) is 34.5 Å². The molecule has 116 valence electrons. The van der Waals surface area contributed by atoms with Crippen LogP contribution in [-0.2, 0) is 0 Å². The van der Waals surface area contributed by atoms with E-state index in [1.54, 1.807) is 6.07 Å². The summed E-state index contributed by atoms with van der Waals surface area (Å²) in [5, 5.41) is 11.2. The third-order valence-corrected chi connectivity index (χ3v) is 5.69. The number of carbonyl (C=O) groups excluding carboxylic acids is 1. The van der Waals surface area contributed by atoms with Gasteiger partial charge in [0.25, 0.3) is 5.91 Å². The molecule has 1 aliphatic heterocycles. The summed E-state index contributed by atoms with van der Waals surface area (Å²) in [6.45, 7) is 4.24. The van der Waals surface area contributed by atoms with Crippen LogP contribution in [0.1, 0.15) is 36.0 Å². The van der Waals surface area contributed by atoms with E-state index in [9.17, 15) is 9.90 Å². The van der Waals surface area contributed by atoms with E-state index in [1.165, 1.54) is 0 Å². The Kier molecular flexibility index (Phi) is 4.74. The molecule has 1 heterocycles. The molecule has 3 rings (SSSR count). The fourth-order valence-electron chi connectivity index (χ4n) is 2.97. The number of hydrogen-bond donors (Lipinski definition) is 1. The lowest BCUT2D eigenvalue weighted by Gasteiger charge is -2.26. The Hall–Kier alpha value is -1.46. The fourth-order valence-corrected chi connectivity index (χ4v) is 4.08. The molecule has 1 aliphatic carbocycles. The normalized spacial score (nSPS) is 24.4. The van der Waals surface area contributed by atoms with Gasteiger partial charge in [0.05, 0.1) is 16.7 Å². The molecule has 2 aliphatic rings. The molecule has 1 saturated carbocycles. The van der Waals surface area contributed by atoms with E-state index in [4.69, 9.17) is 0 Å². The molecule has 1 aromatic carbocycles. The molecule has 0 atom stereocenters. The van der Waals surface area contributed by atoms with Crippen molar-refractivity contribution in [3.05, 3.63) is 34.3 Å². The quantitative estimate of drug-likeness (QED) is 0.917. The number of amides is 1. The number of carbonyl (C=O) groups is 1. The Balaban J connectivity index is 1.66. The van der Waals surface area contributed by atoms with E-state index in [0.717, 1.165) is 30.9 Å². The molecule has 0 aromatic heterocycles. The van der Waals surface area contributed by atoms with Gasteiger partial charge >= 0.3 is 0 Å². The summed E-state index contributed by atoms with van der Waals surface area (Å²) >= 11 is 1.82. The number of benzene rings is 1. The predicted octanol–water partition coefficient (Wildman–Crippen LogP) is 1.55. The maximum absolute atomic E-state index is 12.1. The summed E-state index contributed by atoms with van der Waals surface area (Å²) in [5.41, 5.74) is 0.546. The Morgan fingerprint density at radius 2 is 2.00 bits per heavy atom. The Morgan fingerprint density at radius 1 is 1.23 bits per heavy atom. The Bertz CT molecular complexity index is 706.